The van der Waals surface area contributed by atoms with Gasteiger partial charge in [-0.3, -0.25) is 4.68 Å². The minimum absolute atomic E-state index is 0.0546. The van der Waals surface area contributed by atoms with Crippen LogP contribution in [0.4, 0.5) is 5.82 Å². The third kappa shape index (κ3) is 3.92. The van der Waals surface area contributed by atoms with Gasteiger partial charge >= 0.3 is 0 Å². The number of hydrogen-bond donors (Lipinski definition) is 1. The van der Waals surface area contributed by atoms with E-state index in [0.717, 1.165) is 38.0 Å². The normalized spacial score (nSPS) is 16.9. The summed E-state index contributed by atoms with van der Waals surface area (Å²) in [5.41, 5.74) is 2.07. The molecule has 1 fully saturated rings. The van der Waals surface area contributed by atoms with Gasteiger partial charge in [-0.2, -0.15) is 5.10 Å². The van der Waals surface area contributed by atoms with Crippen molar-refractivity contribution >= 4 is 27.4 Å². The fourth-order valence-corrected chi connectivity index (χ4v) is 5.46. The van der Waals surface area contributed by atoms with Crippen molar-refractivity contribution in [2.24, 2.45) is 7.05 Å². The van der Waals surface area contributed by atoms with Crippen LogP contribution in [0, 0.1) is 6.92 Å². The minimum Gasteiger partial charge on any atom is -0.396 e. The first-order chi connectivity index (χ1) is 16.0. The van der Waals surface area contributed by atoms with Gasteiger partial charge in [-0.25, -0.2) is 15.0 Å². The molecule has 1 atom stereocenters. The summed E-state index contributed by atoms with van der Waals surface area (Å²) in [5, 5.41) is 15.5. The van der Waals surface area contributed by atoms with Gasteiger partial charge in [0.2, 0.25) is 0 Å². The van der Waals surface area contributed by atoms with Crippen LogP contribution in [0.2, 0.25) is 0 Å². The number of imidazole rings is 1. The molecule has 10 heteroatoms. The Morgan fingerprint density at radius 3 is 2.82 bits per heavy atom. The topological polar surface area (TPSA) is 94.1 Å². The molecular weight excluding hydrogens is 438 g/mol. The summed E-state index contributed by atoms with van der Waals surface area (Å²) in [6, 6.07) is 2.42. The lowest BCUT2D eigenvalue weighted by atomic mass is 10.1. The number of aliphatic hydroxyl groups is 1. The molecule has 5 heterocycles. The van der Waals surface area contributed by atoms with E-state index in [1.165, 1.54) is 0 Å². The summed E-state index contributed by atoms with van der Waals surface area (Å²) < 4.78 is 9.64. The third-order valence-electron chi connectivity index (χ3n) is 6.12. The second kappa shape index (κ2) is 8.85. The van der Waals surface area contributed by atoms with Crippen LogP contribution in [-0.2, 0) is 11.8 Å². The van der Waals surface area contributed by atoms with Crippen molar-refractivity contribution in [2.75, 3.05) is 31.3 Å². The Morgan fingerprint density at radius 2 is 2.12 bits per heavy atom. The zero-order chi connectivity index (χ0) is 23.1. The van der Waals surface area contributed by atoms with Gasteiger partial charge in [0.1, 0.15) is 16.3 Å². The number of anilines is 1. The highest BCUT2D eigenvalue weighted by molar-refractivity contribution is 7.22. The molecule has 0 amide bonds. The molecule has 33 heavy (non-hydrogen) atoms. The Bertz CT molecular complexity index is 1270. The summed E-state index contributed by atoms with van der Waals surface area (Å²) in [6.45, 7) is 8.37. The Morgan fingerprint density at radius 1 is 1.27 bits per heavy atom. The lowest BCUT2D eigenvalue weighted by molar-refractivity contribution is 0.0847. The smallest absolute Gasteiger partial charge is 0.199 e. The van der Waals surface area contributed by atoms with E-state index in [9.17, 15) is 5.11 Å². The summed E-state index contributed by atoms with van der Waals surface area (Å²) >= 11 is 1.64. The van der Waals surface area contributed by atoms with E-state index in [2.05, 4.69) is 36.7 Å². The molecule has 0 aromatic carbocycles. The van der Waals surface area contributed by atoms with E-state index in [4.69, 9.17) is 19.8 Å². The molecule has 0 radical (unpaired) electrons. The molecule has 1 saturated heterocycles. The Balaban J connectivity index is 1.72. The number of morpholine rings is 1. The number of aromatic nitrogens is 6. The van der Waals surface area contributed by atoms with Crippen LogP contribution < -0.4 is 4.90 Å². The maximum Gasteiger partial charge on any atom is 0.199 e. The van der Waals surface area contributed by atoms with E-state index in [1.54, 1.807) is 17.5 Å². The number of nitrogens with zero attached hydrogens (tertiary/aromatic N) is 7. The molecule has 0 spiro atoms. The molecule has 9 nitrogen and oxygen atoms in total. The van der Waals surface area contributed by atoms with Gasteiger partial charge in [-0.15, -0.1) is 11.3 Å². The van der Waals surface area contributed by atoms with Gasteiger partial charge in [0.15, 0.2) is 11.6 Å². The molecule has 0 aliphatic carbocycles. The second-order valence-corrected chi connectivity index (χ2v) is 9.68. The number of fused-ring (bicyclic) bond motifs is 1. The van der Waals surface area contributed by atoms with Crippen LogP contribution in [0.1, 0.15) is 31.9 Å². The number of aliphatic hydroxyl groups excluding tert-OH is 1. The molecule has 0 bridgehead atoms. The molecular formula is C23H29N7O2S. The number of aryl methyl sites for hydroxylation is 2. The molecule has 1 N–H and O–H groups in total. The Hall–Kier alpha value is -2.82. The highest BCUT2D eigenvalue weighted by atomic mass is 32.1. The maximum absolute atomic E-state index is 9.66. The first-order valence-corrected chi connectivity index (χ1v) is 12.1. The van der Waals surface area contributed by atoms with E-state index < -0.39 is 0 Å². The first kappa shape index (κ1) is 22.0. The van der Waals surface area contributed by atoms with Crippen molar-refractivity contribution in [3.8, 4) is 22.2 Å². The standard InChI is InChI=1S/C23H29N7O2S/c1-14(2)30-8-5-17(27-30)19-15(3)18-21(29-10-12-32-13-16(29)6-11-31)25-20(26-23(18)33-19)22-24-7-9-28(22)4/h5,7-9,14,16,31H,6,10-13H2,1-4H3. The van der Waals surface area contributed by atoms with Crippen molar-refractivity contribution in [1.29, 1.82) is 0 Å². The van der Waals surface area contributed by atoms with E-state index in [0.29, 0.717) is 38.0 Å². The summed E-state index contributed by atoms with van der Waals surface area (Å²) in [7, 11) is 1.95. The second-order valence-electron chi connectivity index (χ2n) is 8.68. The number of ether oxygens (including phenoxy) is 1. The number of thiophene rings is 1. The number of rotatable bonds is 6. The van der Waals surface area contributed by atoms with Crippen molar-refractivity contribution in [1.82, 2.24) is 29.3 Å². The molecule has 4 aromatic heterocycles. The van der Waals surface area contributed by atoms with Crippen molar-refractivity contribution in [2.45, 2.75) is 39.3 Å². The summed E-state index contributed by atoms with van der Waals surface area (Å²) in [5.74, 6) is 2.20. The monoisotopic (exact) mass is 467 g/mol. The van der Waals surface area contributed by atoms with Crippen LogP contribution >= 0.6 is 11.3 Å². The lowest BCUT2D eigenvalue weighted by Gasteiger charge is -2.36. The SMILES string of the molecule is Cc1c(-c2ccn(C(C)C)n2)sc2nc(-c3nccn3C)nc(N3CCOCC3CCO)c12. The average molecular weight is 468 g/mol. The van der Waals surface area contributed by atoms with Crippen molar-refractivity contribution < 1.29 is 9.84 Å². The quantitative estimate of drug-likeness (QED) is 0.464. The third-order valence-corrected chi connectivity index (χ3v) is 7.33. The Labute approximate surface area is 196 Å². The fourth-order valence-electron chi connectivity index (χ4n) is 4.32. The summed E-state index contributed by atoms with van der Waals surface area (Å²) in [6.07, 6.45) is 6.30. The average Bonchev–Trinajstić information content (AvgIpc) is 3.53. The fraction of sp³-hybridized carbons (Fsp3) is 0.478. The lowest BCUT2D eigenvalue weighted by Crippen LogP contribution is -2.46. The van der Waals surface area contributed by atoms with Gasteiger partial charge in [0, 0.05) is 44.8 Å². The van der Waals surface area contributed by atoms with Gasteiger partial charge in [-0.05, 0) is 38.8 Å². The van der Waals surface area contributed by atoms with Crippen LogP contribution in [-0.4, -0.2) is 66.8 Å². The largest absolute Gasteiger partial charge is 0.396 e. The zero-order valence-electron chi connectivity index (χ0n) is 19.4. The zero-order valence-corrected chi connectivity index (χ0v) is 20.2. The predicted octanol–water partition coefficient (Wildman–Crippen LogP) is 3.43. The van der Waals surface area contributed by atoms with Crippen LogP contribution in [0.5, 0.6) is 0 Å². The van der Waals surface area contributed by atoms with Crippen molar-refractivity contribution in [3.63, 3.8) is 0 Å². The molecule has 0 saturated carbocycles. The number of hydrogen-bond acceptors (Lipinski definition) is 8. The molecule has 174 valence electrons. The minimum atomic E-state index is 0.0546. The van der Waals surface area contributed by atoms with Gasteiger partial charge < -0.3 is 19.3 Å². The van der Waals surface area contributed by atoms with Gasteiger partial charge in [0.05, 0.1) is 29.5 Å². The van der Waals surface area contributed by atoms with Crippen LogP contribution in [0.15, 0.2) is 24.7 Å². The van der Waals surface area contributed by atoms with Crippen LogP contribution in [0.3, 0.4) is 0 Å². The van der Waals surface area contributed by atoms with E-state index in [-0.39, 0.29) is 12.6 Å². The maximum atomic E-state index is 9.66. The first-order valence-electron chi connectivity index (χ1n) is 11.3. The molecule has 1 aliphatic rings. The van der Waals surface area contributed by atoms with E-state index in [1.807, 2.05) is 28.7 Å². The molecule has 4 aromatic rings. The molecule has 1 unspecified atom stereocenters. The predicted molar refractivity (Wildman–Crippen MR) is 130 cm³/mol. The van der Waals surface area contributed by atoms with Crippen molar-refractivity contribution in [3.05, 3.63) is 30.2 Å². The van der Waals surface area contributed by atoms with Crippen LogP contribution in [0.25, 0.3) is 32.4 Å². The summed E-state index contributed by atoms with van der Waals surface area (Å²) in [4.78, 5) is 18.7. The highest BCUT2D eigenvalue weighted by Gasteiger charge is 2.29. The molecule has 5 rings (SSSR count). The van der Waals surface area contributed by atoms with Gasteiger partial charge in [0.25, 0.3) is 0 Å². The Kier molecular flexibility index (Phi) is 5.90. The van der Waals surface area contributed by atoms with E-state index >= 15 is 0 Å². The van der Waals surface area contributed by atoms with Gasteiger partial charge in [-0.1, -0.05) is 0 Å². The molecule has 1 aliphatic heterocycles. The highest BCUT2D eigenvalue weighted by Crippen LogP contribution is 2.42.